The molecule has 1 amide bonds. The number of rotatable bonds is 6. The van der Waals surface area contributed by atoms with Crippen molar-refractivity contribution in [3.8, 4) is 5.75 Å². The van der Waals surface area contributed by atoms with Gasteiger partial charge in [0.05, 0.1) is 7.11 Å². The lowest BCUT2D eigenvalue weighted by molar-refractivity contribution is -0.142. The highest BCUT2D eigenvalue weighted by molar-refractivity contribution is 5.84. The van der Waals surface area contributed by atoms with Crippen LogP contribution >= 0.6 is 0 Å². The highest BCUT2D eigenvalue weighted by Gasteiger charge is 2.30. The molecule has 0 radical (unpaired) electrons. The minimum Gasteiger partial charge on any atom is -0.496 e. The number of nitrogen functional groups attached to an aromatic ring is 1. The molecule has 0 aliphatic heterocycles. The van der Waals surface area contributed by atoms with Crippen molar-refractivity contribution in [2.24, 2.45) is 0 Å². The van der Waals surface area contributed by atoms with Crippen LogP contribution in [0.25, 0.3) is 0 Å². The van der Waals surface area contributed by atoms with Crippen molar-refractivity contribution in [2.45, 2.75) is 32.4 Å². The molecule has 1 aromatic rings. The first-order valence-electron chi connectivity index (χ1n) is 6.22. The summed E-state index contributed by atoms with van der Waals surface area (Å²) in [6.07, 6.45) is 0.601. The van der Waals surface area contributed by atoms with E-state index in [1.807, 2.05) is 6.92 Å². The molecule has 0 aromatic heterocycles. The molecule has 0 spiro atoms. The van der Waals surface area contributed by atoms with E-state index in [4.69, 9.17) is 15.2 Å². The van der Waals surface area contributed by atoms with E-state index in [2.05, 4.69) is 5.32 Å². The molecule has 5 heteroatoms. The summed E-state index contributed by atoms with van der Waals surface area (Å²) in [6, 6.07) is 5.33. The van der Waals surface area contributed by atoms with Gasteiger partial charge >= 0.3 is 0 Å². The topological polar surface area (TPSA) is 73.6 Å². The van der Waals surface area contributed by atoms with Crippen LogP contribution in [-0.4, -0.2) is 25.7 Å². The third-order valence-electron chi connectivity index (χ3n) is 3.35. The molecule has 19 heavy (non-hydrogen) atoms. The smallest absolute Gasteiger partial charge is 0.252 e. The Labute approximate surface area is 114 Å². The second-order valence-corrected chi connectivity index (χ2v) is 4.54. The maximum atomic E-state index is 12.1. The van der Waals surface area contributed by atoms with Crippen LogP contribution in [0.2, 0.25) is 0 Å². The molecule has 0 aliphatic rings. The van der Waals surface area contributed by atoms with E-state index in [1.54, 1.807) is 32.2 Å². The van der Waals surface area contributed by atoms with Crippen LogP contribution in [0.15, 0.2) is 18.2 Å². The molecule has 0 aliphatic carbocycles. The summed E-state index contributed by atoms with van der Waals surface area (Å²) in [5.74, 6) is 0.548. The van der Waals surface area contributed by atoms with Gasteiger partial charge in [0.1, 0.15) is 11.4 Å². The van der Waals surface area contributed by atoms with E-state index < -0.39 is 5.60 Å². The van der Waals surface area contributed by atoms with Crippen molar-refractivity contribution >= 4 is 11.6 Å². The van der Waals surface area contributed by atoms with E-state index in [0.717, 1.165) is 5.56 Å². The molecule has 3 N–H and O–H groups in total. The average molecular weight is 266 g/mol. The SMILES string of the molecule is CCC(C)(OC)C(=O)NCc1cc(N)ccc1OC. The van der Waals surface area contributed by atoms with Crippen LogP contribution in [0.4, 0.5) is 5.69 Å². The van der Waals surface area contributed by atoms with Crippen LogP contribution in [-0.2, 0) is 16.1 Å². The Morgan fingerprint density at radius 1 is 1.42 bits per heavy atom. The molecule has 1 aromatic carbocycles. The number of hydrogen-bond acceptors (Lipinski definition) is 4. The summed E-state index contributed by atoms with van der Waals surface area (Å²) < 4.78 is 10.5. The summed E-state index contributed by atoms with van der Waals surface area (Å²) in [7, 11) is 3.12. The van der Waals surface area contributed by atoms with Gasteiger partial charge in [-0.1, -0.05) is 6.92 Å². The second-order valence-electron chi connectivity index (χ2n) is 4.54. The number of benzene rings is 1. The van der Waals surface area contributed by atoms with E-state index in [1.165, 1.54) is 7.11 Å². The van der Waals surface area contributed by atoms with Crippen molar-refractivity contribution in [1.82, 2.24) is 5.32 Å². The van der Waals surface area contributed by atoms with E-state index in [0.29, 0.717) is 24.4 Å². The monoisotopic (exact) mass is 266 g/mol. The first-order valence-corrected chi connectivity index (χ1v) is 6.22. The highest BCUT2D eigenvalue weighted by Crippen LogP contribution is 2.21. The minimum atomic E-state index is -0.812. The van der Waals surface area contributed by atoms with Crippen molar-refractivity contribution in [3.63, 3.8) is 0 Å². The van der Waals surface area contributed by atoms with Gasteiger partial charge in [-0.15, -0.1) is 0 Å². The molecule has 5 nitrogen and oxygen atoms in total. The fraction of sp³-hybridized carbons (Fsp3) is 0.500. The predicted molar refractivity (Wildman–Crippen MR) is 75.0 cm³/mol. The van der Waals surface area contributed by atoms with Gasteiger partial charge in [-0.05, 0) is 31.5 Å². The quantitative estimate of drug-likeness (QED) is 0.769. The molecule has 0 saturated carbocycles. The number of nitrogens with one attached hydrogen (secondary N) is 1. The Bertz CT molecular complexity index is 442. The van der Waals surface area contributed by atoms with Crippen molar-refractivity contribution in [2.75, 3.05) is 20.0 Å². The number of anilines is 1. The predicted octanol–water partition coefficient (Wildman–Crippen LogP) is 1.71. The number of amides is 1. The standard InChI is InChI=1S/C14H22N2O3/c1-5-14(2,19-4)13(17)16-9-10-8-11(15)6-7-12(10)18-3/h6-8H,5,9,15H2,1-4H3,(H,16,17). The number of methoxy groups -OCH3 is 2. The Morgan fingerprint density at radius 2 is 2.11 bits per heavy atom. The molecular weight excluding hydrogens is 244 g/mol. The molecular formula is C14H22N2O3. The number of ether oxygens (including phenoxy) is 2. The molecule has 1 rings (SSSR count). The summed E-state index contributed by atoms with van der Waals surface area (Å²) >= 11 is 0. The minimum absolute atomic E-state index is 0.151. The second kappa shape index (κ2) is 6.43. The van der Waals surface area contributed by atoms with Gasteiger partial charge in [-0.25, -0.2) is 0 Å². The maximum absolute atomic E-state index is 12.1. The van der Waals surface area contributed by atoms with Crippen LogP contribution in [0.3, 0.4) is 0 Å². The number of nitrogens with two attached hydrogens (primary N) is 1. The fourth-order valence-corrected chi connectivity index (χ4v) is 1.70. The summed E-state index contributed by atoms with van der Waals surface area (Å²) in [5, 5.41) is 2.84. The van der Waals surface area contributed by atoms with Crippen LogP contribution in [0.1, 0.15) is 25.8 Å². The normalized spacial score (nSPS) is 13.7. The first kappa shape index (κ1) is 15.3. The molecule has 0 saturated heterocycles. The van der Waals surface area contributed by atoms with Crippen LogP contribution < -0.4 is 15.8 Å². The highest BCUT2D eigenvalue weighted by atomic mass is 16.5. The molecule has 0 fully saturated rings. The third-order valence-corrected chi connectivity index (χ3v) is 3.35. The Balaban J connectivity index is 2.77. The van der Waals surface area contributed by atoms with Gasteiger partial charge in [0.15, 0.2) is 0 Å². The zero-order valence-corrected chi connectivity index (χ0v) is 11.9. The molecule has 106 valence electrons. The van der Waals surface area contributed by atoms with Gasteiger partial charge < -0.3 is 20.5 Å². The molecule has 0 bridgehead atoms. The Kier molecular flexibility index (Phi) is 5.18. The Morgan fingerprint density at radius 3 is 2.63 bits per heavy atom. The lowest BCUT2D eigenvalue weighted by Gasteiger charge is -2.25. The van der Waals surface area contributed by atoms with Crippen LogP contribution in [0, 0.1) is 0 Å². The first-order chi connectivity index (χ1) is 8.96. The van der Waals surface area contributed by atoms with Crippen LogP contribution in [0.5, 0.6) is 5.75 Å². The third kappa shape index (κ3) is 3.61. The zero-order chi connectivity index (χ0) is 14.5. The summed E-state index contributed by atoms with van der Waals surface area (Å²) in [5.41, 5.74) is 6.39. The average Bonchev–Trinajstić information content (AvgIpc) is 2.43. The number of carbonyl (C=O) groups excluding carboxylic acids is 1. The molecule has 1 atom stereocenters. The zero-order valence-electron chi connectivity index (χ0n) is 11.9. The van der Waals surface area contributed by atoms with Gasteiger partial charge in [0.25, 0.3) is 5.91 Å². The summed E-state index contributed by atoms with van der Waals surface area (Å²) in [4.78, 5) is 12.1. The summed E-state index contributed by atoms with van der Waals surface area (Å²) in [6.45, 7) is 4.02. The maximum Gasteiger partial charge on any atom is 0.252 e. The van der Waals surface area contributed by atoms with Gasteiger partial charge in [0.2, 0.25) is 0 Å². The van der Waals surface area contributed by atoms with Crippen molar-refractivity contribution < 1.29 is 14.3 Å². The van der Waals surface area contributed by atoms with Crippen molar-refractivity contribution in [1.29, 1.82) is 0 Å². The largest absolute Gasteiger partial charge is 0.496 e. The van der Waals surface area contributed by atoms with E-state index >= 15 is 0 Å². The number of hydrogen-bond donors (Lipinski definition) is 2. The van der Waals surface area contributed by atoms with Gasteiger partial charge in [-0.2, -0.15) is 0 Å². The van der Waals surface area contributed by atoms with E-state index in [9.17, 15) is 4.79 Å². The number of carbonyl (C=O) groups is 1. The van der Waals surface area contributed by atoms with E-state index in [-0.39, 0.29) is 5.91 Å². The fourth-order valence-electron chi connectivity index (χ4n) is 1.70. The van der Waals surface area contributed by atoms with Gasteiger partial charge in [-0.3, -0.25) is 4.79 Å². The molecule has 1 unspecified atom stereocenters. The molecule has 0 heterocycles. The van der Waals surface area contributed by atoms with Gasteiger partial charge in [0, 0.05) is 24.9 Å². The Hall–Kier alpha value is -1.75. The van der Waals surface area contributed by atoms with Crippen molar-refractivity contribution in [3.05, 3.63) is 23.8 Å². The lowest BCUT2D eigenvalue weighted by atomic mass is 10.0. The lowest BCUT2D eigenvalue weighted by Crippen LogP contribution is -2.45.